The first-order chi connectivity index (χ1) is 10.3. The van der Waals surface area contributed by atoms with E-state index in [-0.39, 0.29) is 6.04 Å². The van der Waals surface area contributed by atoms with Crippen LogP contribution in [0, 0.1) is 5.92 Å². The molecule has 0 spiro atoms. The molecule has 21 heavy (non-hydrogen) atoms. The van der Waals surface area contributed by atoms with Gasteiger partial charge in [0.15, 0.2) is 0 Å². The first-order valence-corrected chi connectivity index (χ1v) is 8.27. The summed E-state index contributed by atoms with van der Waals surface area (Å²) >= 11 is 0. The number of nitrogens with two attached hydrogens (primary N) is 1. The number of methoxy groups -OCH3 is 1. The van der Waals surface area contributed by atoms with Crippen LogP contribution in [-0.2, 0) is 4.74 Å². The lowest BCUT2D eigenvalue weighted by molar-refractivity contribution is 0.145. The predicted molar refractivity (Wildman–Crippen MR) is 86.6 cm³/mol. The molecule has 1 atom stereocenters. The minimum atomic E-state index is 0.0758. The lowest BCUT2D eigenvalue weighted by Crippen LogP contribution is -2.17. The molecule has 1 aromatic rings. The minimum absolute atomic E-state index is 0.0758. The minimum Gasteiger partial charge on any atom is -0.491 e. The summed E-state index contributed by atoms with van der Waals surface area (Å²) in [6.07, 6.45) is 9.25. The summed E-state index contributed by atoms with van der Waals surface area (Å²) in [5.74, 6) is 1.69. The molecule has 3 nitrogen and oxygen atoms in total. The molecule has 0 amide bonds. The molecule has 3 heteroatoms. The number of ether oxygens (including phenoxy) is 2. The Balaban J connectivity index is 1.95. The van der Waals surface area contributed by atoms with Crippen LogP contribution in [0.3, 0.4) is 0 Å². The van der Waals surface area contributed by atoms with Crippen LogP contribution in [-0.4, -0.2) is 20.3 Å². The van der Waals surface area contributed by atoms with Gasteiger partial charge in [0.05, 0.1) is 6.61 Å². The van der Waals surface area contributed by atoms with Crippen molar-refractivity contribution >= 4 is 0 Å². The van der Waals surface area contributed by atoms with Crippen LogP contribution < -0.4 is 10.5 Å². The molecular formula is C18H29NO2. The third-order valence-corrected chi connectivity index (χ3v) is 4.43. The van der Waals surface area contributed by atoms with Gasteiger partial charge in [-0.1, -0.05) is 56.7 Å². The van der Waals surface area contributed by atoms with Crippen LogP contribution in [0.25, 0.3) is 0 Å². The summed E-state index contributed by atoms with van der Waals surface area (Å²) in [6, 6.07) is 8.24. The third-order valence-electron chi connectivity index (χ3n) is 4.43. The lowest BCUT2D eigenvalue weighted by atomic mass is 9.89. The highest BCUT2D eigenvalue weighted by molar-refractivity contribution is 5.35. The van der Waals surface area contributed by atoms with Gasteiger partial charge in [-0.15, -0.1) is 0 Å². The van der Waals surface area contributed by atoms with Crippen molar-refractivity contribution in [3.05, 3.63) is 29.8 Å². The molecule has 1 aliphatic carbocycles. The van der Waals surface area contributed by atoms with Crippen molar-refractivity contribution in [1.29, 1.82) is 0 Å². The van der Waals surface area contributed by atoms with E-state index in [4.69, 9.17) is 15.2 Å². The summed E-state index contributed by atoms with van der Waals surface area (Å²) < 4.78 is 10.9. The van der Waals surface area contributed by atoms with E-state index in [1.54, 1.807) is 7.11 Å². The Hall–Kier alpha value is -1.06. The smallest absolute Gasteiger partial charge is 0.124 e. The van der Waals surface area contributed by atoms with Gasteiger partial charge in [0, 0.05) is 18.7 Å². The van der Waals surface area contributed by atoms with E-state index < -0.39 is 0 Å². The average Bonchev–Trinajstić information content (AvgIpc) is 2.76. The molecule has 1 aromatic carbocycles. The van der Waals surface area contributed by atoms with Crippen molar-refractivity contribution in [1.82, 2.24) is 0 Å². The Bertz CT molecular complexity index is 400. The fourth-order valence-corrected chi connectivity index (χ4v) is 3.24. The molecule has 1 unspecified atom stereocenters. The van der Waals surface area contributed by atoms with Crippen LogP contribution in [0.5, 0.6) is 5.75 Å². The van der Waals surface area contributed by atoms with Crippen LogP contribution in [0.15, 0.2) is 24.3 Å². The van der Waals surface area contributed by atoms with Gasteiger partial charge in [0.25, 0.3) is 0 Å². The van der Waals surface area contributed by atoms with Crippen molar-refractivity contribution in [2.45, 2.75) is 51.0 Å². The number of hydrogen-bond acceptors (Lipinski definition) is 3. The van der Waals surface area contributed by atoms with E-state index in [1.807, 2.05) is 18.2 Å². The first kappa shape index (κ1) is 16.3. The number of para-hydroxylation sites is 1. The quantitative estimate of drug-likeness (QED) is 0.608. The second-order valence-corrected chi connectivity index (χ2v) is 6.08. The highest BCUT2D eigenvalue weighted by Crippen LogP contribution is 2.33. The van der Waals surface area contributed by atoms with E-state index >= 15 is 0 Å². The van der Waals surface area contributed by atoms with Gasteiger partial charge in [0.1, 0.15) is 12.4 Å². The van der Waals surface area contributed by atoms with Gasteiger partial charge in [0.2, 0.25) is 0 Å². The Morgan fingerprint density at radius 3 is 2.52 bits per heavy atom. The molecule has 0 saturated heterocycles. The molecule has 1 aliphatic rings. The molecule has 0 aliphatic heterocycles. The summed E-state index contributed by atoms with van der Waals surface area (Å²) in [5, 5.41) is 0. The third kappa shape index (κ3) is 5.33. The molecule has 0 bridgehead atoms. The van der Waals surface area contributed by atoms with Crippen molar-refractivity contribution in [3.8, 4) is 5.75 Å². The van der Waals surface area contributed by atoms with Gasteiger partial charge in [-0.05, 0) is 18.4 Å². The molecule has 1 saturated carbocycles. The maximum atomic E-state index is 6.47. The van der Waals surface area contributed by atoms with Gasteiger partial charge in [-0.2, -0.15) is 0 Å². The van der Waals surface area contributed by atoms with E-state index in [0.717, 1.165) is 23.7 Å². The fourth-order valence-electron chi connectivity index (χ4n) is 3.24. The highest BCUT2D eigenvalue weighted by atomic mass is 16.5. The van der Waals surface area contributed by atoms with Crippen LogP contribution in [0.1, 0.15) is 56.6 Å². The summed E-state index contributed by atoms with van der Waals surface area (Å²) in [4.78, 5) is 0. The second kappa shape index (κ2) is 9.06. The number of benzene rings is 1. The normalized spacial score (nSPS) is 18.2. The molecule has 2 rings (SSSR count). The highest BCUT2D eigenvalue weighted by Gasteiger charge is 2.19. The van der Waals surface area contributed by atoms with Crippen LogP contribution in [0.4, 0.5) is 0 Å². The van der Waals surface area contributed by atoms with Crippen molar-refractivity contribution in [3.63, 3.8) is 0 Å². The van der Waals surface area contributed by atoms with E-state index in [0.29, 0.717) is 13.2 Å². The zero-order valence-electron chi connectivity index (χ0n) is 13.2. The number of rotatable bonds is 7. The monoisotopic (exact) mass is 291 g/mol. The van der Waals surface area contributed by atoms with Crippen LogP contribution >= 0.6 is 0 Å². The lowest BCUT2D eigenvalue weighted by Gasteiger charge is -2.21. The van der Waals surface area contributed by atoms with Gasteiger partial charge in [-0.25, -0.2) is 0 Å². The maximum Gasteiger partial charge on any atom is 0.124 e. The topological polar surface area (TPSA) is 44.5 Å². The summed E-state index contributed by atoms with van der Waals surface area (Å²) in [5.41, 5.74) is 7.61. The predicted octanol–water partition coefficient (Wildman–Crippen LogP) is 4.07. The van der Waals surface area contributed by atoms with Gasteiger partial charge in [-0.3, -0.25) is 0 Å². The fraction of sp³-hybridized carbons (Fsp3) is 0.667. The molecule has 0 heterocycles. The second-order valence-electron chi connectivity index (χ2n) is 6.08. The summed E-state index contributed by atoms with van der Waals surface area (Å²) in [6.45, 7) is 1.18. The van der Waals surface area contributed by atoms with E-state index in [1.165, 1.54) is 38.5 Å². The van der Waals surface area contributed by atoms with E-state index in [9.17, 15) is 0 Å². The maximum absolute atomic E-state index is 6.47. The Morgan fingerprint density at radius 1 is 1.10 bits per heavy atom. The van der Waals surface area contributed by atoms with Crippen molar-refractivity contribution < 1.29 is 9.47 Å². The SMILES string of the molecule is COCCOc1ccccc1C(N)CC1CCCCCC1. The first-order valence-electron chi connectivity index (χ1n) is 8.27. The van der Waals surface area contributed by atoms with Crippen molar-refractivity contribution in [2.75, 3.05) is 20.3 Å². The molecule has 1 fully saturated rings. The Labute approximate surface area is 128 Å². The summed E-state index contributed by atoms with van der Waals surface area (Å²) in [7, 11) is 1.69. The number of hydrogen-bond donors (Lipinski definition) is 1. The zero-order valence-corrected chi connectivity index (χ0v) is 13.2. The average molecular weight is 291 g/mol. The molecule has 118 valence electrons. The zero-order chi connectivity index (χ0) is 14.9. The molecular weight excluding hydrogens is 262 g/mol. The molecule has 2 N–H and O–H groups in total. The largest absolute Gasteiger partial charge is 0.491 e. The standard InChI is InChI=1S/C18H29NO2/c1-20-12-13-21-18-11-7-6-10-16(18)17(19)14-15-8-4-2-3-5-9-15/h6-7,10-11,15,17H,2-5,8-9,12-14,19H2,1H3. The van der Waals surface area contributed by atoms with Gasteiger partial charge >= 0.3 is 0 Å². The van der Waals surface area contributed by atoms with E-state index in [2.05, 4.69) is 6.07 Å². The van der Waals surface area contributed by atoms with Crippen LogP contribution in [0.2, 0.25) is 0 Å². The molecule has 0 aromatic heterocycles. The van der Waals surface area contributed by atoms with Crippen molar-refractivity contribution in [2.24, 2.45) is 11.7 Å². The Morgan fingerprint density at radius 2 is 1.81 bits per heavy atom. The Kier molecular flexibility index (Phi) is 7.04. The van der Waals surface area contributed by atoms with Gasteiger partial charge < -0.3 is 15.2 Å². The molecule has 0 radical (unpaired) electrons.